The number of hydrogen-bond acceptors (Lipinski definition) is 3. The van der Waals surface area contributed by atoms with E-state index in [1.54, 1.807) is 0 Å². The predicted molar refractivity (Wildman–Crippen MR) is 75.4 cm³/mol. The second-order valence-corrected chi connectivity index (χ2v) is 6.25. The maximum absolute atomic E-state index is 12.9. The maximum Gasteiger partial charge on any atom is 0.335 e. The maximum atomic E-state index is 12.9. The number of sulfonamides is 1. The third-order valence-corrected chi connectivity index (χ3v) is 4.75. The Morgan fingerprint density at radius 2 is 1.57 bits per heavy atom. The van der Waals surface area contributed by atoms with Crippen molar-refractivity contribution in [3.63, 3.8) is 0 Å². The van der Waals surface area contributed by atoms with Crippen LogP contribution in [0.5, 0.6) is 0 Å². The molecule has 0 atom stereocenters. The van der Waals surface area contributed by atoms with Gasteiger partial charge in [-0.3, -0.25) is 4.31 Å². The van der Waals surface area contributed by atoms with E-state index in [4.69, 9.17) is 5.11 Å². The van der Waals surface area contributed by atoms with Gasteiger partial charge in [-0.05, 0) is 48.5 Å². The molecule has 1 N–H and O–H groups in total. The number of anilines is 1. The minimum absolute atomic E-state index is 0.00150. The summed E-state index contributed by atoms with van der Waals surface area (Å²) in [5.41, 5.74) is 0.303. The topological polar surface area (TPSA) is 74.7 Å². The highest BCUT2D eigenvalue weighted by molar-refractivity contribution is 7.92. The van der Waals surface area contributed by atoms with E-state index in [1.165, 1.54) is 43.4 Å². The molecule has 2 aromatic carbocycles. The van der Waals surface area contributed by atoms with E-state index in [2.05, 4.69) is 0 Å². The zero-order valence-corrected chi connectivity index (χ0v) is 11.8. The second kappa shape index (κ2) is 5.53. The number of carboxylic acid groups (broad SMARTS) is 1. The number of benzene rings is 2. The second-order valence-electron chi connectivity index (χ2n) is 4.28. The standard InChI is InChI=1S/C14H12FNO4S/c1-16(12-6-4-11(15)5-7-12)21(19,20)13-8-2-10(3-9-13)14(17)18/h2-9H,1H3,(H,17,18). The average molecular weight is 309 g/mol. The molecule has 21 heavy (non-hydrogen) atoms. The summed E-state index contributed by atoms with van der Waals surface area (Å²) >= 11 is 0. The molecular weight excluding hydrogens is 297 g/mol. The number of hydrogen-bond donors (Lipinski definition) is 1. The monoisotopic (exact) mass is 309 g/mol. The van der Waals surface area contributed by atoms with Crippen molar-refractivity contribution in [2.75, 3.05) is 11.4 Å². The van der Waals surface area contributed by atoms with Crippen LogP contribution >= 0.6 is 0 Å². The Hall–Kier alpha value is -2.41. The lowest BCUT2D eigenvalue weighted by Gasteiger charge is -2.19. The van der Waals surface area contributed by atoms with Gasteiger partial charge in [0.05, 0.1) is 16.1 Å². The van der Waals surface area contributed by atoms with Gasteiger partial charge in [0.2, 0.25) is 0 Å². The van der Waals surface area contributed by atoms with Crippen molar-refractivity contribution in [3.8, 4) is 0 Å². The Labute approximate surface area is 121 Å². The highest BCUT2D eigenvalue weighted by Crippen LogP contribution is 2.22. The summed E-state index contributed by atoms with van der Waals surface area (Å²) in [6, 6.07) is 9.89. The van der Waals surface area contributed by atoms with E-state index < -0.39 is 21.8 Å². The Kier molecular flexibility index (Phi) is 3.95. The van der Waals surface area contributed by atoms with Gasteiger partial charge in [0.15, 0.2) is 0 Å². The predicted octanol–water partition coefficient (Wildman–Crippen LogP) is 2.35. The zero-order chi connectivity index (χ0) is 15.6. The van der Waals surface area contributed by atoms with Crippen LogP contribution in [0, 0.1) is 5.82 Å². The molecule has 0 aliphatic heterocycles. The van der Waals surface area contributed by atoms with Crippen molar-refractivity contribution in [1.82, 2.24) is 0 Å². The van der Waals surface area contributed by atoms with E-state index in [9.17, 15) is 17.6 Å². The average Bonchev–Trinajstić information content (AvgIpc) is 2.47. The van der Waals surface area contributed by atoms with Crippen LogP contribution in [0.4, 0.5) is 10.1 Å². The summed E-state index contributed by atoms with van der Waals surface area (Å²) in [6.07, 6.45) is 0. The Bertz CT molecular complexity index is 755. The summed E-state index contributed by atoms with van der Waals surface area (Å²) in [7, 11) is -2.49. The largest absolute Gasteiger partial charge is 0.478 e. The van der Waals surface area contributed by atoms with Gasteiger partial charge in [0.1, 0.15) is 5.82 Å². The first-order chi connectivity index (χ1) is 9.82. The molecule has 110 valence electrons. The van der Waals surface area contributed by atoms with Crippen LogP contribution < -0.4 is 4.31 Å². The zero-order valence-electron chi connectivity index (χ0n) is 11.0. The molecule has 0 heterocycles. The third kappa shape index (κ3) is 3.03. The lowest BCUT2D eigenvalue weighted by atomic mass is 10.2. The SMILES string of the molecule is CN(c1ccc(F)cc1)S(=O)(=O)c1ccc(C(=O)O)cc1. The fourth-order valence-corrected chi connectivity index (χ4v) is 2.91. The van der Waals surface area contributed by atoms with Crippen LogP contribution in [0.15, 0.2) is 53.4 Å². The summed E-state index contributed by atoms with van der Waals surface area (Å²) in [6.45, 7) is 0. The van der Waals surface area contributed by atoms with Gasteiger partial charge >= 0.3 is 5.97 Å². The molecule has 2 rings (SSSR count). The van der Waals surface area contributed by atoms with E-state index in [1.807, 2.05) is 0 Å². The molecule has 0 bridgehead atoms. The molecule has 0 saturated heterocycles. The molecular formula is C14H12FNO4S. The van der Waals surface area contributed by atoms with Gasteiger partial charge in [0.25, 0.3) is 10.0 Å². The molecule has 2 aromatic rings. The van der Waals surface area contributed by atoms with Crippen molar-refractivity contribution >= 4 is 21.7 Å². The van der Waals surface area contributed by atoms with Crippen LogP contribution in [0.1, 0.15) is 10.4 Å². The molecule has 0 fully saturated rings. The number of nitrogens with zero attached hydrogens (tertiary/aromatic N) is 1. The molecule has 0 saturated carbocycles. The highest BCUT2D eigenvalue weighted by atomic mass is 32.2. The van der Waals surface area contributed by atoms with Gasteiger partial charge in [-0.25, -0.2) is 17.6 Å². The van der Waals surface area contributed by atoms with E-state index in [-0.39, 0.29) is 10.5 Å². The van der Waals surface area contributed by atoms with Crippen molar-refractivity contribution in [1.29, 1.82) is 0 Å². The highest BCUT2D eigenvalue weighted by Gasteiger charge is 2.21. The summed E-state index contributed by atoms with van der Waals surface area (Å²) in [4.78, 5) is 10.7. The van der Waals surface area contributed by atoms with Crippen LogP contribution in [0.25, 0.3) is 0 Å². The first-order valence-corrected chi connectivity index (χ1v) is 7.34. The van der Waals surface area contributed by atoms with Crippen molar-refractivity contribution in [2.45, 2.75) is 4.90 Å². The fraction of sp³-hybridized carbons (Fsp3) is 0.0714. The fourth-order valence-electron chi connectivity index (χ4n) is 1.72. The molecule has 0 unspecified atom stereocenters. The van der Waals surface area contributed by atoms with Crippen LogP contribution in [0.3, 0.4) is 0 Å². The summed E-state index contributed by atoms with van der Waals surface area (Å²) in [5, 5.41) is 8.80. The Morgan fingerprint density at radius 1 is 1.05 bits per heavy atom. The minimum Gasteiger partial charge on any atom is -0.478 e. The van der Waals surface area contributed by atoms with Crippen molar-refractivity contribution in [2.24, 2.45) is 0 Å². The number of aromatic carboxylic acids is 1. The lowest BCUT2D eigenvalue weighted by molar-refractivity contribution is 0.0696. The van der Waals surface area contributed by atoms with Crippen molar-refractivity contribution < 1.29 is 22.7 Å². The minimum atomic E-state index is -3.83. The van der Waals surface area contributed by atoms with Crippen LogP contribution in [0.2, 0.25) is 0 Å². The number of carboxylic acids is 1. The molecule has 0 amide bonds. The number of rotatable bonds is 4. The molecule has 0 spiro atoms. The van der Waals surface area contributed by atoms with Crippen LogP contribution in [-0.4, -0.2) is 26.5 Å². The molecule has 0 aliphatic rings. The third-order valence-electron chi connectivity index (χ3n) is 2.95. The summed E-state index contributed by atoms with van der Waals surface area (Å²) in [5.74, 6) is -1.60. The van der Waals surface area contributed by atoms with Gasteiger partial charge < -0.3 is 5.11 Å². The molecule has 0 aliphatic carbocycles. The number of halogens is 1. The van der Waals surface area contributed by atoms with Gasteiger partial charge in [0, 0.05) is 7.05 Å². The first-order valence-electron chi connectivity index (χ1n) is 5.90. The van der Waals surface area contributed by atoms with E-state index in [0.29, 0.717) is 5.69 Å². The van der Waals surface area contributed by atoms with Gasteiger partial charge in [-0.1, -0.05) is 0 Å². The van der Waals surface area contributed by atoms with Gasteiger partial charge in [-0.2, -0.15) is 0 Å². The van der Waals surface area contributed by atoms with Crippen LogP contribution in [-0.2, 0) is 10.0 Å². The first kappa shape index (κ1) is 15.0. The molecule has 7 heteroatoms. The lowest BCUT2D eigenvalue weighted by Crippen LogP contribution is -2.26. The van der Waals surface area contributed by atoms with Crippen molar-refractivity contribution in [3.05, 3.63) is 59.9 Å². The van der Waals surface area contributed by atoms with Gasteiger partial charge in [-0.15, -0.1) is 0 Å². The number of carbonyl (C=O) groups is 1. The smallest absolute Gasteiger partial charge is 0.335 e. The Morgan fingerprint density at radius 3 is 2.05 bits per heavy atom. The molecule has 0 aromatic heterocycles. The molecule has 0 radical (unpaired) electrons. The normalized spacial score (nSPS) is 11.1. The van der Waals surface area contributed by atoms with E-state index in [0.717, 1.165) is 16.4 Å². The summed E-state index contributed by atoms with van der Waals surface area (Å²) < 4.78 is 38.6. The molecule has 5 nitrogen and oxygen atoms in total. The van der Waals surface area contributed by atoms with E-state index >= 15 is 0 Å². The Balaban J connectivity index is 2.36. The quantitative estimate of drug-likeness (QED) is 0.940.